The summed E-state index contributed by atoms with van der Waals surface area (Å²) in [6, 6.07) is 14.1. The summed E-state index contributed by atoms with van der Waals surface area (Å²) in [6.45, 7) is 2.70. The highest BCUT2D eigenvalue weighted by atomic mass is 79.9. The van der Waals surface area contributed by atoms with E-state index in [1.54, 1.807) is 42.5 Å². The highest BCUT2D eigenvalue weighted by Crippen LogP contribution is 2.18. The van der Waals surface area contributed by atoms with Crippen LogP contribution in [0.25, 0.3) is 0 Å². The Kier molecular flexibility index (Phi) is 6.35. The van der Waals surface area contributed by atoms with Gasteiger partial charge in [0.1, 0.15) is 0 Å². The number of para-hydroxylation sites is 1. The number of rotatable bonds is 6. The van der Waals surface area contributed by atoms with E-state index in [4.69, 9.17) is 0 Å². The summed E-state index contributed by atoms with van der Waals surface area (Å²) in [7, 11) is 0. The van der Waals surface area contributed by atoms with E-state index < -0.39 is 0 Å². The summed E-state index contributed by atoms with van der Waals surface area (Å²) in [5.41, 5.74) is 1.50. The summed E-state index contributed by atoms with van der Waals surface area (Å²) in [6.07, 6.45) is 1.94. The van der Waals surface area contributed by atoms with Crippen LogP contribution in [0, 0.1) is 0 Å². The molecule has 0 saturated heterocycles. The molecule has 120 valence electrons. The van der Waals surface area contributed by atoms with Crippen LogP contribution < -0.4 is 10.6 Å². The molecule has 0 unspecified atom stereocenters. The van der Waals surface area contributed by atoms with Crippen molar-refractivity contribution < 1.29 is 9.59 Å². The van der Waals surface area contributed by atoms with E-state index in [0.717, 1.165) is 17.3 Å². The molecule has 0 atom stereocenters. The maximum atomic E-state index is 12.3. The average Bonchev–Trinajstić information content (AvgIpc) is 2.55. The fourth-order valence-corrected chi connectivity index (χ4v) is 2.49. The van der Waals surface area contributed by atoms with Crippen molar-refractivity contribution in [3.8, 4) is 0 Å². The summed E-state index contributed by atoms with van der Waals surface area (Å²) in [4.78, 5) is 24.6. The average molecular weight is 375 g/mol. The van der Waals surface area contributed by atoms with Crippen LogP contribution in [0.1, 0.15) is 40.5 Å². The monoisotopic (exact) mass is 374 g/mol. The molecule has 0 spiro atoms. The van der Waals surface area contributed by atoms with Crippen molar-refractivity contribution in [2.45, 2.75) is 19.8 Å². The Morgan fingerprint density at radius 3 is 2.57 bits per heavy atom. The van der Waals surface area contributed by atoms with Crippen molar-refractivity contribution in [1.29, 1.82) is 0 Å². The molecule has 0 bridgehead atoms. The van der Waals surface area contributed by atoms with Gasteiger partial charge in [0, 0.05) is 16.6 Å². The molecule has 0 aliphatic heterocycles. The highest BCUT2D eigenvalue weighted by Gasteiger charge is 2.13. The number of hydrogen-bond acceptors (Lipinski definition) is 2. The lowest BCUT2D eigenvalue weighted by Gasteiger charge is -2.11. The van der Waals surface area contributed by atoms with Crippen LogP contribution in [0.5, 0.6) is 0 Å². The van der Waals surface area contributed by atoms with E-state index in [-0.39, 0.29) is 11.8 Å². The predicted octanol–water partition coefficient (Wildman–Crippen LogP) is 4.23. The minimum Gasteiger partial charge on any atom is -0.352 e. The number of anilines is 1. The van der Waals surface area contributed by atoms with Gasteiger partial charge >= 0.3 is 0 Å². The molecule has 2 N–H and O–H groups in total. The zero-order valence-corrected chi connectivity index (χ0v) is 14.5. The predicted molar refractivity (Wildman–Crippen MR) is 95.8 cm³/mol. The minimum atomic E-state index is -0.250. The Morgan fingerprint density at radius 1 is 1.04 bits per heavy atom. The number of nitrogens with one attached hydrogen (secondary N) is 2. The summed E-state index contributed by atoms with van der Waals surface area (Å²) < 4.78 is 0.829. The van der Waals surface area contributed by atoms with Crippen molar-refractivity contribution in [1.82, 2.24) is 5.32 Å². The molecule has 0 heterocycles. The number of hydrogen-bond donors (Lipinski definition) is 2. The molecule has 23 heavy (non-hydrogen) atoms. The molecule has 0 aliphatic rings. The van der Waals surface area contributed by atoms with Crippen LogP contribution in [0.15, 0.2) is 53.0 Å². The van der Waals surface area contributed by atoms with Gasteiger partial charge in [0.2, 0.25) is 0 Å². The number of carbonyl (C=O) groups is 2. The summed E-state index contributed by atoms with van der Waals surface area (Å²) in [5, 5.41) is 5.67. The molecule has 0 fully saturated rings. The number of unbranched alkanes of at least 4 members (excludes halogenated alkanes) is 1. The van der Waals surface area contributed by atoms with E-state index in [0.29, 0.717) is 23.4 Å². The molecule has 0 radical (unpaired) electrons. The van der Waals surface area contributed by atoms with Gasteiger partial charge < -0.3 is 10.6 Å². The standard InChI is InChI=1S/C18H19BrN2O2/c1-2-3-11-20-18(23)15-9-4-5-10-16(15)21-17(22)13-7-6-8-14(19)12-13/h4-10,12H,2-3,11H2,1H3,(H,20,23)(H,21,22). The second kappa shape index (κ2) is 8.48. The van der Waals surface area contributed by atoms with Gasteiger partial charge in [-0.1, -0.05) is 47.5 Å². The number of benzene rings is 2. The van der Waals surface area contributed by atoms with E-state index in [2.05, 4.69) is 33.5 Å². The summed E-state index contributed by atoms with van der Waals surface area (Å²) >= 11 is 3.34. The number of carbonyl (C=O) groups excluding carboxylic acids is 2. The summed E-state index contributed by atoms with van der Waals surface area (Å²) in [5.74, 6) is -0.427. The lowest BCUT2D eigenvalue weighted by Crippen LogP contribution is -2.26. The molecule has 0 aromatic heterocycles. The first-order valence-corrected chi connectivity index (χ1v) is 8.35. The smallest absolute Gasteiger partial charge is 0.255 e. The Morgan fingerprint density at radius 2 is 1.83 bits per heavy atom. The van der Waals surface area contributed by atoms with Crippen molar-refractivity contribution in [2.75, 3.05) is 11.9 Å². The van der Waals surface area contributed by atoms with Crippen LogP contribution in [-0.4, -0.2) is 18.4 Å². The van der Waals surface area contributed by atoms with Crippen molar-refractivity contribution in [3.63, 3.8) is 0 Å². The molecular formula is C18H19BrN2O2. The molecule has 4 nitrogen and oxygen atoms in total. The second-order valence-corrected chi connectivity index (χ2v) is 6.04. The van der Waals surface area contributed by atoms with Crippen LogP contribution in [0.4, 0.5) is 5.69 Å². The molecule has 2 aromatic rings. The van der Waals surface area contributed by atoms with E-state index >= 15 is 0 Å². The topological polar surface area (TPSA) is 58.2 Å². The third-order valence-electron chi connectivity index (χ3n) is 3.32. The molecular weight excluding hydrogens is 356 g/mol. The van der Waals surface area contributed by atoms with Crippen LogP contribution >= 0.6 is 15.9 Å². The van der Waals surface area contributed by atoms with Gasteiger partial charge in [0.25, 0.3) is 11.8 Å². The fraction of sp³-hybridized carbons (Fsp3) is 0.222. The first-order valence-electron chi connectivity index (χ1n) is 7.56. The van der Waals surface area contributed by atoms with Crippen LogP contribution in [0.2, 0.25) is 0 Å². The Labute approximate surface area is 144 Å². The SMILES string of the molecule is CCCCNC(=O)c1ccccc1NC(=O)c1cccc(Br)c1. The normalized spacial score (nSPS) is 10.2. The third kappa shape index (κ3) is 4.93. The van der Waals surface area contributed by atoms with Gasteiger partial charge in [-0.05, 0) is 36.8 Å². The molecule has 0 aliphatic carbocycles. The Bertz CT molecular complexity index is 701. The molecule has 5 heteroatoms. The van der Waals surface area contributed by atoms with Crippen molar-refractivity contribution in [3.05, 3.63) is 64.1 Å². The number of halogens is 1. The molecule has 2 amide bonds. The maximum Gasteiger partial charge on any atom is 0.255 e. The molecule has 0 saturated carbocycles. The van der Waals surface area contributed by atoms with Gasteiger partial charge in [-0.3, -0.25) is 9.59 Å². The Balaban J connectivity index is 2.14. The van der Waals surface area contributed by atoms with Gasteiger partial charge in [-0.25, -0.2) is 0 Å². The van der Waals surface area contributed by atoms with Gasteiger partial charge in [-0.2, -0.15) is 0 Å². The lowest BCUT2D eigenvalue weighted by molar-refractivity contribution is 0.0954. The Hall–Kier alpha value is -2.14. The van der Waals surface area contributed by atoms with Crippen molar-refractivity contribution in [2.24, 2.45) is 0 Å². The fourth-order valence-electron chi connectivity index (χ4n) is 2.09. The second-order valence-electron chi connectivity index (χ2n) is 5.12. The van der Waals surface area contributed by atoms with Gasteiger partial charge in [0.05, 0.1) is 11.3 Å². The number of amides is 2. The van der Waals surface area contributed by atoms with E-state index in [1.807, 2.05) is 6.07 Å². The quantitative estimate of drug-likeness (QED) is 0.743. The van der Waals surface area contributed by atoms with Gasteiger partial charge in [-0.15, -0.1) is 0 Å². The largest absolute Gasteiger partial charge is 0.352 e. The first kappa shape index (κ1) is 17.2. The lowest BCUT2D eigenvalue weighted by atomic mass is 10.1. The maximum absolute atomic E-state index is 12.3. The zero-order chi connectivity index (χ0) is 16.7. The van der Waals surface area contributed by atoms with Crippen LogP contribution in [-0.2, 0) is 0 Å². The van der Waals surface area contributed by atoms with Gasteiger partial charge in [0.15, 0.2) is 0 Å². The third-order valence-corrected chi connectivity index (χ3v) is 3.82. The molecule has 2 aromatic carbocycles. The highest BCUT2D eigenvalue weighted by molar-refractivity contribution is 9.10. The first-order chi connectivity index (χ1) is 11.1. The van der Waals surface area contributed by atoms with E-state index in [1.165, 1.54) is 0 Å². The minimum absolute atomic E-state index is 0.177. The van der Waals surface area contributed by atoms with Crippen LogP contribution in [0.3, 0.4) is 0 Å². The zero-order valence-electron chi connectivity index (χ0n) is 12.9. The van der Waals surface area contributed by atoms with E-state index in [9.17, 15) is 9.59 Å². The van der Waals surface area contributed by atoms with Crippen molar-refractivity contribution >= 4 is 33.4 Å². The molecule has 2 rings (SSSR count).